The van der Waals surface area contributed by atoms with Gasteiger partial charge in [0.15, 0.2) is 0 Å². The summed E-state index contributed by atoms with van der Waals surface area (Å²) >= 11 is 0. The lowest BCUT2D eigenvalue weighted by Crippen LogP contribution is -2.57. The van der Waals surface area contributed by atoms with Gasteiger partial charge in [0, 0.05) is 24.7 Å². The molecule has 0 aromatic carbocycles. The van der Waals surface area contributed by atoms with Crippen LogP contribution in [0.4, 0.5) is 0 Å². The summed E-state index contributed by atoms with van der Waals surface area (Å²) in [7, 11) is 0. The predicted octanol–water partition coefficient (Wildman–Crippen LogP) is 2.02. The van der Waals surface area contributed by atoms with Crippen molar-refractivity contribution in [3.63, 3.8) is 0 Å². The van der Waals surface area contributed by atoms with Gasteiger partial charge in [-0.25, -0.2) is 4.98 Å². The largest absolute Gasteiger partial charge is 0.374 e. The van der Waals surface area contributed by atoms with E-state index < -0.39 is 0 Å². The average molecular weight is 382 g/mol. The van der Waals surface area contributed by atoms with Crippen LogP contribution in [0.3, 0.4) is 0 Å². The van der Waals surface area contributed by atoms with Gasteiger partial charge in [-0.2, -0.15) is 5.26 Å². The molecule has 0 spiro atoms. The fraction of sp³-hybridized carbons (Fsp3) is 0.619. The third kappa shape index (κ3) is 3.88. The van der Waals surface area contributed by atoms with Crippen molar-refractivity contribution >= 4 is 11.8 Å². The van der Waals surface area contributed by atoms with Crippen LogP contribution in [-0.2, 0) is 9.53 Å². The highest BCUT2D eigenvalue weighted by Gasteiger charge is 2.42. The first kappa shape index (κ1) is 18.9. The number of morpholine rings is 1. The maximum absolute atomic E-state index is 13.1. The van der Waals surface area contributed by atoms with Gasteiger partial charge in [-0.15, -0.1) is 0 Å². The van der Waals surface area contributed by atoms with Crippen LogP contribution < -0.4 is 5.32 Å². The molecule has 1 aliphatic heterocycles. The number of rotatable bonds is 3. The molecule has 0 radical (unpaired) electrons. The van der Waals surface area contributed by atoms with Crippen molar-refractivity contribution in [1.29, 1.82) is 5.26 Å². The van der Waals surface area contributed by atoms with E-state index in [1.54, 1.807) is 12.1 Å². The molecule has 3 fully saturated rings. The Morgan fingerprint density at radius 1 is 1.21 bits per heavy atom. The van der Waals surface area contributed by atoms with Crippen molar-refractivity contribution < 1.29 is 14.3 Å². The summed E-state index contributed by atoms with van der Waals surface area (Å²) in [6, 6.07) is 5.39. The number of nitrogens with zero attached hydrogens (tertiary/aromatic N) is 3. The molecular formula is C21H26N4O3. The van der Waals surface area contributed by atoms with E-state index in [0.717, 1.165) is 25.7 Å². The van der Waals surface area contributed by atoms with Crippen LogP contribution in [0.2, 0.25) is 0 Å². The molecule has 2 aliphatic carbocycles. The minimum Gasteiger partial charge on any atom is -0.374 e. The number of amides is 2. The van der Waals surface area contributed by atoms with Crippen molar-refractivity contribution in [2.24, 2.45) is 5.92 Å². The first-order chi connectivity index (χ1) is 13.7. The van der Waals surface area contributed by atoms with Crippen LogP contribution >= 0.6 is 0 Å². The fourth-order valence-electron chi connectivity index (χ4n) is 4.74. The molecule has 3 atom stereocenters. The molecule has 0 unspecified atom stereocenters. The summed E-state index contributed by atoms with van der Waals surface area (Å²) in [6.45, 7) is 1.02. The molecule has 2 saturated carbocycles. The Hall–Kier alpha value is -2.46. The topological polar surface area (TPSA) is 95.3 Å². The highest BCUT2D eigenvalue weighted by atomic mass is 16.5. The maximum Gasteiger partial charge on any atom is 0.255 e. The van der Waals surface area contributed by atoms with Crippen LogP contribution in [0.1, 0.15) is 61.0 Å². The van der Waals surface area contributed by atoms with Crippen LogP contribution in [0, 0.1) is 17.2 Å². The lowest BCUT2D eigenvalue weighted by molar-refractivity contribution is -0.132. The van der Waals surface area contributed by atoms with Crippen LogP contribution in [0.25, 0.3) is 0 Å². The first-order valence-electron chi connectivity index (χ1n) is 10.2. The number of hydrogen-bond acceptors (Lipinski definition) is 5. The number of hydrogen-bond donors (Lipinski definition) is 1. The molecule has 0 bridgehead atoms. The van der Waals surface area contributed by atoms with Crippen LogP contribution in [0.5, 0.6) is 0 Å². The van der Waals surface area contributed by atoms with Crippen molar-refractivity contribution in [1.82, 2.24) is 15.2 Å². The number of aromatic nitrogens is 1. The molecule has 7 nitrogen and oxygen atoms in total. The SMILES string of the molecule is N#Cc1ccc(C(=O)N2CCO[C@@H]3CC[C@H](C(=O)NC4CCCC4)C[C@H]32)cn1. The highest BCUT2D eigenvalue weighted by Crippen LogP contribution is 2.33. The molecule has 3 aliphatic rings. The molecule has 4 rings (SSSR count). The Morgan fingerprint density at radius 3 is 2.75 bits per heavy atom. The lowest BCUT2D eigenvalue weighted by atomic mass is 9.81. The number of nitrogens with one attached hydrogen (secondary N) is 1. The van der Waals surface area contributed by atoms with Gasteiger partial charge in [-0.3, -0.25) is 9.59 Å². The van der Waals surface area contributed by atoms with Gasteiger partial charge in [0.05, 0.1) is 24.3 Å². The third-order valence-corrected chi connectivity index (χ3v) is 6.28. The molecule has 1 aromatic rings. The minimum atomic E-state index is -0.104. The van der Waals surface area contributed by atoms with E-state index in [-0.39, 0.29) is 35.6 Å². The monoisotopic (exact) mass is 382 g/mol. The third-order valence-electron chi connectivity index (χ3n) is 6.28. The lowest BCUT2D eigenvalue weighted by Gasteiger charge is -2.45. The van der Waals surface area contributed by atoms with E-state index >= 15 is 0 Å². The summed E-state index contributed by atoms with van der Waals surface area (Å²) in [6.07, 6.45) is 8.21. The van der Waals surface area contributed by atoms with Gasteiger partial charge in [0.1, 0.15) is 11.8 Å². The zero-order valence-corrected chi connectivity index (χ0v) is 16.0. The van der Waals surface area contributed by atoms with Gasteiger partial charge in [0.2, 0.25) is 5.91 Å². The first-order valence-corrected chi connectivity index (χ1v) is 10.2. The Kier molecular flexibility index (Phi) is 5.58. The second kappa shape index (κ2) is 8.27. The molecule has 1 saturated heterocycles. The van der Waals surface area contributed by atoms with Gasteiger partial charge >= 0.3 is 0 Å². The second-order valence-electron chi connectivity index (χ2n) is 8.02. The molecule has 2 amide bonds. The highest BCUT2D eigenvalue weighted by molar-refractivity contribution is 5.94. The number of carbonyl (C=O) groups is 2. The summed E-state index contributed by atoms with van der Waals surface area (Å²) in [5.41, 5.74) is 0.759. The number of nitriles is 1. The molecule has 148 valence electrons. The van der Waals surface area contributed by atoms with Gasteiger partial charge < -0.3 is 15.0 Å². The Balaban J connectivity index is 1.45. The number of pyridine rings is 1. The van der Waals surface area contributed by atoms with E-state index in [4.69, 9.17) is 10.00 Å². The normalized spacial score (nSPS) is 27.7. The summed E-state index contributed by atoms with van der Waals surface area (Å²) in [5.74, 6) is -0.0477. The maximum atomic E-state index is 13.1. The summed E-state index contributed by atoms with van der Waals surface area (Å²) in [5, 5.41) is 12.1. The minimum absolute atomic E-state index is 0.0143. The quantitative estimate of drug-likeness (QED) is 0.863. The van der Waals surface area contributed by atoms with Gasteiger partial charge in [0.25, 0.3) is 5.91 Å². The Labute approximate surface area is 165 Å². The smallest absolute Gasteiger partial charge is 0.255 e. The molecular weight excluding hydrogens is 356 g/mol. The molecule has 28 heavy (non-hydrogen) atoms. The van der Waals surface area contributed by atoms with E-state index in [1.165, 1.54) is 19.0 Å². The Bertz CT molecular complexity index is 767. The van der Waals surface area contributed by atoms with Crippen molar-refractivity contribution in [2.45, 2.75) is 63.1 Å². The van der Waals surface area contributed by atoms with E-state index in [0.29, 0.717) is 31.2 Å². The number of ether oxygens (including phenoxy) is 1. The summed E-state index contributed by atoms with van der Waals surface area (Å²) < 4.78 is 5.91. The standard InChI is InChI=1S/C21H26N4O3/c22-12-17-7-5-15(13-23-17)21(27)25-9-10-28-19-8-6-14(11-18(19)25)20(26)24-16-3-1-2-4-16/h5,7,13-14,16,18-19H,1-4,6,8-11H2,(H,24,26)/t14-,18+,19+/m0/s1. The molecule has 1 aromatic heterocycles. The van der Waals surface area contributed by atoms with Crippen molar-refractivity contribution in [3.8, 4) is 6.07 Å². The van der Waals surface area contributed by atoms with E-state index in [2.05, 4.69) is 10.3 Å². The van der Waals surface area contributed by atoms with E-state index in [9.17, 15) is 9.59 Å². The summed E-state index contributed by atoms with van der Waals surface area (Å²) in [4.78, 5) is 31.7. The Morgan fingerprint density at radius 2 is 2.04 bits per heavy atom. The number of carbonyl (C=O) groups excluding carboxylic acids is 2. The number of fused-ring (bicyclic) bond motifs is 1. The van der Waals surface area contributed by atoms with Crippen molar-refractivity contribution in [3.05, 3.63) is 29.6 Å². The van der Waals surface area contributed by atoms with Crippen molar-refractivity contribution in [2.75, 3.05) is 13.2 Å². The van der Waals surface area contributed by atoms with Crippen LogP contribution in [-0.4, -0.2) is 53.0 Å². The van der Waals surface area contributed by atoms with Gasteiger partial charge in [-0.1, -0.05) is 12.8 Å². The van der Waals surface area contributed by atoms with Gasteiger partial charge in [-0.05, 0) is 44.2 Å². The molecule has 1 N–H and O–H groups in total. The fourth-order valence-corrected chi connectivity index (χ4v) is 4.74. The zero-order valence-electron chi connectivity index (χ0n) is 16.0. The van der Waals surface area contributed by atoms with E-state index in [1.807, 2.05) is 11.0 Å². The second-order valence-corrected chi connectivity index (χ2v) is 8.02. The molecule has 7 heteroatoms. The molecule has 2 heterocycles. The average Bonchev–Trinajstić information content (AvgIpc) is 3.25. The predicted molar refractivity (Wildman–Crippen MR) is 101 cm³/mol. The zero-order chi connectivity index (χ0) is 19.5. The van der Waals surface area contributed by atoms with Crippen LogP contribution in [0.15, 0.2) is 18.3 Å².